The van der Waals surface area contributed by atoms with Crippen molar-refractivity contribution in [2.24, 2.45) is 0 Å². The fourth-order valence-corrected chi connectivity index (χ4v) is 10.1. The highest BCUT2D eigenvalue weighted by Gasteiger charge is 2.47. The van der Waals surface area contributed by atoms with Crippen molar-refractivity contribution in [3.8, 4) is 0 Å². The molecule has 3 aliphatic rings. The van der Waals surface area contributed by atoms with Crippen molar-refractivity contribution < 1.29 is 42.5 Å². The zero-order valence-electron chi connectivity index (χ0n) is 22.7. The number of hydrogen-bond acceptors (Lipinski definition) is 12. The molecule has 3 fully saturated rings. The summed E-state index contributed by atoms with van der Waals surface area (Å²) in [6.45, 7) is -0.557. The van der Waals surface area contributed by atoms with Crippen molar-refractivity contribution in [3.05, 3.63) is 52.0 Å². The number of aromatic nitrogens is 4. The minimum atomic E-state index is -4.58. The normalized spacial score (nSPS) is 31.4. The summed E-state index contributed by atoms with van der Waals surface area (Å²) in [6, 6.07) is 7.04. The number of nitrogens with one attached hydrogen (secondary N) is 1. The molecule has 0 amide bonds. The Morgan fingerprint density at radius 2 is 1.98 bits per heavy atom. The molecule has 7 atom stereocenters. The number of aliphatic hydroxyl groups is 2. The first-order valence-corrected chi connectivity index (χ1v) is 18.1. The molecule has 2 unspecified atom stereocenters. The highest BCUT2D eigenvalue weighted by Crippen LogP contribution is 2.65. The molecule has 1 saturated carbocycles. The standard InChI is InChI=1S/C25H31Cl2N5O9P2/c26-15-5-3-4-14(10-15)18-8-9-38-43(37,41-18)13-42(35,36)39-12-19-20(33)21(34)22(40-19)17-11-28-24-23(29-16-6-1-2-7-16)30-25(27)31-32(17)24/h3-5,10-11,16,18-22,33-34H,1-2,6-9,12-13H2,(H,35,36)(H,29,30,31)/t18-,19+,20+,21+,22-,43?/m0/s1. The van der Waals surface area contributed by atoms with Crippen LogP contribution in [0.2, 0.25) is 10.3 Å². The van der Waals surface area contributed by atoms with E-state index in [9.17, 15) is 24.2 Å². The van der Waals surface area contributed by atoms with Crippen LogP contribution in [0, 0.1) is 0 Å². The van der Waals surface area contributed by atoms with Crippen LogP contribution in [0.1, 0.15) is 55.6 Å². The molecule has 43 heavy (non-hydrogen) atoms. The zero-order valence-corrected chi connectivity index (χ0v) is 26.0. The molecule has 0 spiro atoms. The van der Waals surface area contributed by atoms with Crippen LogP contribution in [0.5, 0.6) is 0 Å². The van der Waals surface area contributed by atoms with Crippen LogP contribution in [0.4, 0.5) is 5.82 Å². The molecule has 1 aliphatic carbocycles. The lowest BCUT2D eigenvalue weighted by atomic mass is 10.1. The number of hydrogen-bond donors (Lipinski definition) is 4. The Kier molecular flexibility index (Phi) is 9.19. The van der Waals surface area contributed by atoms with Crippen LogP contribution in [0.15, 0.2) is 30.5 Å². The molecule has 1 aromatic carbocycles. The molecule has 2 aliphatic heterocycles. The summed E-state index contributed by atoms with van der Waals surface area (Å²) in [7, 11) is -8.61. The SMILES string of the molecule is O=P(O)(CP1(=O)OCC[C@@H](c2cccc(Cl)c2)O1)OC[C@H]1O[C@@H](c2cnc3c(NC4CCCC4)nc(Cl)nn23)[C@H](O)[C@@H]1O. The minimum Gasteiger partial charge on any atom is -0.387 e. The second kappa shape index (κ2) is 12.6. The van der Waals surface area contributed by atoms with Crippen molar-refractivity contribution in [1.29, 1.82) is 0 Å². The van der Waals surface area contributed by atoms with Crippen molar-refractivity contribution in [3.63, 3.8) is 0 Å². The Balaban J connectivity index is 1.12. The lowest BCUT2D eigenvalue weighted by Gasteiger charge is -2.31. The number of fused-ring (bicyclic) bond motifs is 1. The van der Waals surface area contributed by atoms with Gasteiger partial charge in [0.25, 0.3) is 0 Å². The molecule has 234 valence electrons. The maximum Gasteiger partial charge on any atom is 0.343 e. The Bertz CT molecular complexity index is 1580. The number of aliphatic hydroxyl groups excluding tert-OH is 2. The molecule has 18 heteroatoms. The summed E-state index contributed by atoms with van der Waals surface area (Å²) >= 11 is 12.2. The van der Waals surface area contributed by atoms with Gasteiger partial charge in [0.2, 0.25) is 5.28 Å². The van der Waals surface area contributed by atoms with Gasteiger partial charge in [-0.25, -0.2) is 9.50 Å². The van der Waals surface area contributed by atoms with E-state index < -0.39 is 58.2 Å². The maximum absolute atomic E-state index is 13.3. The Morgan fingerprint density at radius 1 is 1.19 bits per heavy atom. The van der Waals surface area contributed by atoms with Crippen LogP contribution in [-0.2, 0) is 27.4 Å². The smallest absolute Gasteiger partial charge is 0.343 e. The predicted octanol–water partition coefficient (Wildman–Crippen LogP) is 4.48. The molecule has 6 rings (SSSR count). The topological polar surface area (TPSA) is 187 Å². The zero-order chi connectivity index (χ0) is 30.4. The van der Waals surface area contributed by atoms with E-state index in [2.05, 4.69) is 20.4 Å². The van der Waals surface area contributed by atoms with E-state index in [4.69, 9.17) is 41.5 Å². The highest BCUT2D eigenvalue weighted by atomic mass is 35.5. The Morgan fingerprint density at radius 3 is 2.74 bits per heavy atom. The average Bonchev–Trinajstić information content (AvgIpc) is 3.68. The largest absolute Gasteiger partial charge is 0.387 e. The first kappa shape index (κ1) is 31.3. The quantitative estimate of drug-likeness (QED) is 0.232. The van der Waals surface area contributed by atoms with Gasteiger partial charge in [-0.3, -0.25) is 13.7 Å². The van der Waals surface area contributed by atoms with Gasteiger partial charge >= 0.3 is 15.2 Å². The molecule has 0 radical (unpaired) electrons. The van der Waals surface area contributed by atoms with Crippen LogP contribution >= 0.6 is 38.4 Å². The number of benzene rings is 1. The summed E-state index contributed by atoms with van der Waals surface area (Å²) in [4.78, 5) is 19.2. The van der Waals surface area contributed by atoms with E-state index in [1.165, 1.54) is 10.7 Å². The van der Waals surface area contributed by atoms with Gasteiger partial charge in [0.05, 0.1) is 31.2 Å². The van der Waals surface area contributed by atoms with Gasteiger partial charge in [-0.05, 0) is 42.1 Å². The van der Waals surface area contributed by atoms with Crippen molar-refractivity contribution in [2.75, 3.05) is 24.4 Å². The summed E-state index contributed by atoms with van der Waals surface area (Å²) in [5.41, 5.74) is 1.31. The van der Waals surface area contributed by atoms with Crippen molar-refractivity contribution >= 4 is 49.9 Å². The molecule has 0 bridgehead atoms. The van der Waals surface area contributed by atoms with Crippen LogP contribution in [0.25, 0.3) is 5.65 Å². The van der Waals surface area contributed by atoms with Gasteiger partial charge in [0, 0.05) is 17.5 Å². The number of ether oxygens (including phenoxy) is 1. The number of imidazole rings is 1. The van der Waals surface area contributed by atoms with Crippen LogP contribution in [0.3, 0.4) is 0 Å². The average molecular weight is 678 g/mol. The molecule has 4 heterocycles. The van der Waals surface area contributed by atoms with E-state index in [0.717, 1.165) is 25.7 Å². The van der Waals surface area contributed by atoms with Gasteiger partial charge in [0.15, 0.2) is 17.4 Å². The molecule has 2 saturated heterocycles. The minimum absolute atomic E-state index is 0.0392. The van der Waals surface area contributed by atoms with Gasteiger partial charge < -0.3 is 34.2 Å². The molecule has 3 aromatic rings. The van der Waals surface area contributed by atoms with Crippen molar-refractivity contribution in [2.45, 2.75) is 68.7 Å². The highest BCUT2D eigenvalue weighted by molar-refractivity contribution is 7.71. The Hall–Kier alpha value is -1.67. The number of anilines is 1. The molecular weight excluding hydrogens is 647 g/mol. The third kappa shape index (κ3) is 6.95. The molecule has 2 aromatic heterocycles. The summed E-state index contributed by atoms with van der Waals surface area (Å²) in [6.07, 6.45) is 0.0795. The summed E-state index contributed by atoms with van der Waals surface area (Å²) in [5.74, 6) is -0.474. The molecule has 14 nitrogen and oxygen atoms in total. The molecular formula is C25H31Cl2N5O9P2. The predicted molar refractivity (Wildman–Crippen MR) is 155 cm³/mol. The first-order valence-electron chi connectivity index (χ1n) is 13.8. The van der Waals surface area contributed by atoms with Gasteiger partial charge in [-0.2, -0.15) is 4.98 Å². The second-order valence-electron chi connectivity index (χ2n) is 10.8. The van der Waals surface area contributed by atoms with E-state index in [-0.39, 0.29) is 23.6 Å². The lowest BCUT2D eigenvalue weighted by molar-refractivity contribution is -0.0205. The lowest BCUT2D eigenvalue weighted by Crippen LogP contribution is -2.33. The van der Waals surface area contributed by atoms with Gasteiger partial charge in [0.1, 0.15) is 24.4 Å². The fourth-order valence-electron chi connectivity index (χ4n) is 5.59. The number of rotatable bonds is 9. The monoisotopic (exact) mass is 677 g/mol. The van der Waals surface area contributed by atoms with E-state index in [1.807, 2.05) is 0 Å². The van der Waals surface area contributed by atoms with Gasteiger partial charge in [-0.1, -0.05) is 36.6 Å². The van der Waals surface area contributed by atoms with E-state index >= 15 is 0 Å². The number of halogens is 2. The fraction of sp³-hybridized carbons (Fsp3) is 0.560. The molecule has 4 N–H and O–H groups in total. The third-order valence-corrected chi connectivity index (χ3v) is 12.6. The Labute approximate surface area is 256 Å². The van der Waals surface area contributed by atoms with Crippen LogP contribution < -0.4 is 5.32 Å². The van der Waals surface area contributed by atoms with Crippen LogP contribution in [-0.4, -0.2) is 78.2 Å². The maximum atomic E-state index is 13.3. The summed E-state index contributed by atoms with van der Waals surface area (Å²) in [5, 5.41) is 29.5. The second-order valence-corrected chi connectivity index (χ2v) is 15.9. The van der Waals surface area contributed by atoms with Crippen molar-refractivity contribution in [1.82, 2.24) is 19.6 Å². The van der Waals surface area contributed by atoms with E-state index in [0.29, 0.717) is 28.5 Å². The van der Waals surface area contributed by atoms with Gasteiger partial charge in [-0.15, -0.1) is 5.10 Å². The third-order valence-electron chi connectivity index (χ3n) is 7.68. The summed E-state index contributed by atoms with van der Waals surface area (Å²) < 4.78 is 49.6. The number of nitrogens with zero attached hydrogens (tertiary/aromatic N) is 4. The van der Waals surface area contributed by atoms with E-state index in [1.54, 1.807) is 24.3 Å². The first-order chi connectivity index (χ1) is 20.5.